The molecule has 0 heterocycles. The molecule has 0 aliphatic heterocycles. The Morgan fingerprint density at radius 3 is 2.12 bits per heavy atom. The first kappa shape index (κ1) is 40.0. The van der Waals surface area contributed by atoms with Crippen molar-refractivity contribution in [2.75, 3.05) is 39.3 Å². The molecule has 3 unspecified atom stereocenters. The Hall–Kier alpha value is -1.18. The molecule has 6 heteroatoms. The number of phenolic OH excluding ortho intramolecular Hbond substituents is 1. The molecular weight excluding hydrogens is 617 g/mol. The predicted molar refractivity (Wildman–Crippen MR) is 210 cm³/mol. The number of nitrogens with one attached hydrogen (secondary N) is 4. The molecule has 1 aromatic carbocycles. The molecule has 4 saturated carbocycles. The van der Waals surface area contributed by atoms with Crippen LogP contribution in [0.4, 0.5) is 0 Å². The Labute approximate surface area is 307 Å². The van der Waals surface area contributed by atoms with Crippen molar-refractivity contribution in [3.05, 3.63) is 29.8 Å². The Kier molecular flexibility index (Phi) is 15.4. The normalized spacial score (nSPS) is 34.3. The zero-order valence-corrected chi connectivity index (χ0v) is 33.0. The number of fused-ring (bicyclic) bond motifs is 5. The average molecular weight is 695 g/mol. The second kappa shape index (κ2) is 19.2. The summed E-state index contributed by atoms with van der Waals surface area (Å²) in [5, 5.41) is 36.3. The molecule has 286 valence electrons. The monoisotopic (exact) mass is 695 g/mol. The first-order valence-corrected chi connectivity index (χ1v) is 21.4. The molecule has 0 bridgehead atoms. The van der Waals surface area contributed by atoms with E-state index < -0.39 is 0 Å². The van der Waals surface area contributed by atoms with Gasteiger partial charge in [0.2, 0.25) is 0 Å². The molecule has 4 aliphatic carbocycles. The molecule has 5 rings (SSSR count). The molecule has 4 aliphatic rings. The van der Waals surface area contributed by atoms with Crippen molar-refractivity contribution in [2.24, 2.45) is 52.3 Å². The van der Waals surface area contributed by atoms with E-state index in [4.69, 9.17) is 0 Å². The molecule has 10 atom stereocenters. The van der Waals surface area contributed by atoms with Gasteiger partial charge in [0.15, 0.2) is 0 Å². The molecular formula is C44H78N4O2. The van der Waals surface area contributed by atoms with Crippen molar-refractivity contribution in [2.45, 2.75) is 150 Å². The maximum atomic E-state index is 11.8. The van der Waals surface area contributed by atoms with Gasteiger partial charge in [-0.05, 0) is 175 Å². The Morgan fingerprint density at radius 2 is 1.38 bits per heavy atom. The van der Waals surface area contributed by atoms with E-state index >= 15 is 0 Å². The van der Waals surface area contributed by atoms with Crippen LogP contribution in [0.1, 0.15) is 136 Å². The lowest BCUT2D eigenvalue weighted by atomic mass is 9.43. The van der Waals surface area contributed by atoms with Crippen LogP contribution in [0.25, 0.3) is 0 Å². The second-order valence-electron chi connectivity index (χ2n) is 18.5. The highest BCUT2D eigenvalue weighted by molar-refractivity contribution is 5.31. The van der Waals surface area contributed by atoms with Crippen molar-refractivity contribution in [1.82, 2.24) is 21.3 Å². The Balaban J connectivity index is 0.915. The van der Waals surface area contributed by atoms with E-state index in [2.05, 4.69) is 55.9 Å². The van der Waals surface area contributed by atoms with E-state index in [-0.39, 0.29) is 6.10 Å². The topological polar surface area (TPSA) is 88.6 Å². The van der Waals surface area contributed by atoms with Crippen molar-refractivity contribution in [1.29, 1.82) is 0 Å². The summed E-state index contributed by atoms with van der Waals surface area (Å²) < 4.78 is 0. The van der Waals surface area contributed by atoms with E-state index in [1.807, 2.05) is 18.2 Å². The molecule has 4 fully saturated rings. The third-order valence-electron chi connectivity index (χ3n) is 14.8. The lowest BCUT2D eigenvalue weighted by Gasteiger charge is -2.62. The SMILES string of the molecule is CC(C)CCC[C@@H](C)[C@H]1CCC2C3C(CC[C@@]21C)[C@@]1(C)CC[C@H](NCCCNCCCCNCCCNCc2ccccc2O)C[C@H]1C[C@@H]3O. The Bertz CT molecular complexity index is 1130. The van der Waals surface area contributed by atoms with Crippen LogP contribution in [-0.4, -0.2) is 61.6 Å². The predicted octanol–water partition coefficient (Wildman–Crippen LogP) is 8.27. The smallest absolute Gasteiger partial charge is 0.120 e. The highest BCUT2D eigenvalue weighted by Crippen LogP contribution is 2.68. The van der Waals surface area contributed by atoms with Gasteiger partial charge in [-0.15, -0.1) is 0 Å². The lowest BCUT2D eigenvalue weighted by molar-refractivity contribution is -0.167. The summed E-state index contributed by atoms with van der Waals surface area (Å²) in [6.07, 6.45) is 19.3. The minimum absolute atomic E-state index is 0.0889. The third kappa shape index (κ3) is 10.1. The summed E-state index contributed by atoms with van der Waals surface area (Å²) in [5.74, 6) is 5.56. The van der Waals surface area contributed by atoms with Gasteiger partial charge in [0.25, 0.3) is 0 Å². The Morgan fingerprint density at radius 1 is 0.720 bits per heavy atom. The van der Waals surface area contributed by atoms with Gasteiger partial charge in [0.1, 0.15) is 5.75 Å². The van der Waals surface area contributed by atoms with Crippen molar-refractivity contribution >= 4 is 0 Å². The van der Waals surface area contributed by atoms with Gasteiger partial charge >= 0.3 is 0 Å². The number of hydrogen-bond acceptors (Lipinski definition) is 6. The van der Waals surface area contributed by atoms with Crippen LogP contribution in [0.15, 0.2) is 24.3 Å². The van der Waals surface area contributed by atoms with Crippen LogP contribution in [0, 0.1) is 52.3 Å². The summed E-state index contributed by atoms with van der Waals surface area (Å²) in [4.78, 5) is 0. The van der Waals surface area contributed by atoms with E-state index in [0.717, 1.165) is 93.8 Å². The number of rotatable bonds is 21. The van der Waals surface area contributed by atoms with E-state index in [9.17, 15) is 10.2 Å². The summed E-state index contributed by atoms with van der Waals surface area (Å²) in [7, 11) is 0. The van der Waals surface area contributed by atoms with Gasteiger partial charge in [-0.3, -0.25) is 0 Å². The molecule has 0 amide bonds. The van der Waals surface area contributed by atoms with Gasteiger partial charge in [0.05, 0.1) is 6.10 Å². The molecule has 0 spiro atoms. The van der Waals surface area contributed by atoms with Gasteiger partial charge in [0, 0.05) is 18.2 Å². The fourth-order valence-electron chi connectivity index (χ4n) is 11.9. The van der Waals surface area contributed by atoms with E-state index in [1.54, 1.807) is 6.07 Å². The number of hydrogen-bond donors (Lipinski definition) is 6. The molecule has 0 saturated heterocycles. The number of phenols is 1. The highest BCUT2D eigenvalue weighted by atomic mass is 16.3. The number of aliphatic hydroxyl groups excluding tert-OH is 1. The maximum absolute atomic E-state index is 11.8. The van der Waals surface area contributed by atoms with Gasteiger partial charge < -0.3 is 31.5 Å². The fourth-order valence-corrected chi connectivity index (χ4v) is 11.9. The zero-order valence-electron chi connectivity index (χ0n) is 33.0. The average Bonchev–Trinajstić information content (AvgIpc) is 3.44. The molecule has 1 aromatic rings. The molecule has 6 nitrogen and oxygen atoms in total. The molecule has 6 N–H and O–H groups in total. The number of aromatic hydroxyl groups is 1. The van der Waals surface area contributed by atoms with Crippen LogP contribution in [0.5, 0.6) is 5.75 Å². The summed E-state index contributed by atoms with van der Waals surface area (Å²) in [5.41, 5.74) is 1.83. The minimum atomic E-state index is -0.0889. The fraction of sp³-hybridized carbons (Fsp3) is 0.864. The maximum Gasteiger partial charge on any atom is 0.120 e. The van der Waals surface area contributed by atoms with Crippen LogP contribution in [-0.2, 0) is 6.54 Å². The molecule has 50 heavy (non-hydrogen) atoms. The number of aliphatic hydroxyl groups is 1. The first-order valence-electron chi connectivity index (χ1n) is 21.4. The van der Waals surface area contributed by atoms with Gasteiger partial charge in [-0.25, -0.2) is 0 Å². The summed E-state index contributed by atoms with van der Waals surface area (Å²) in [6, 6.07) is 8.17. The summed E-state index contributed by atoms with van der Waals surface area (Å²) >= 11 is 0. The van der Waals surface area contributed by atoms with Crippen molar-refractivity contribution < 1.29 is 10.2 Å². The molecule has 0 radical (unpaired) electrons. The first-order chi connectivity index (χ1) is 24.1. The van der Waals surface area contributed by atoms with Crippen LogP contribution in [0.2, 0.25) is 0 Å². The van der Waals surface area contributed by atoms with Gasteiger partial charge in [-0.2, -0.15) is 0 Å². The van der Waals surface area contributed by atoms with Crippen LogP contribution >= 0.6 is 0 Å². The minimum Gasteiger partial charge on any atom is -0.508 e. The molecule has 0 aromatic heterocycles. The summed E-state index contributed by atoms with van der Waals surface area (Å²) in [6.45, 7) is 19.7. The highest BCUT2D eigenvalue weighted by Gasteiger charge is 2.62. The quantitative estimate of drug-likeness (QED) is 0.0727. The van der Waals surface area contributed by atoms with E-state index in [1.165, 1.54) is 83.5 Å². The van der Waals surface area contributed by atoms with Crippen LogP contribution in [0.3, 0.4) is 0 Å². The lowest BCUT2D eigenvalue weighted by Crippen LogP contribution is -2.59. The number of unbranched alkanes of at least 4 members (excludes halogenated alkanes) is 1. The second-order valence-corrected chi connectivity index (χ2v) is 18.5. The van der Waals surface area contributed by atoms with Crippen molar-refractivity contribution in [3.8, 4) is 5.75 Å². The number of benzene rings is 1. The number of para-hydroxylation sites is 1. The van der Waals surface area contributed by atoms with Gasteiger partial charge in [-0.1, -0.05) is 72.1 Å². The van der Waals surface area contributed by atoms with Crippen LogP contribution < -0.4 is 21.3 Å². The zero-order chi connectivity index (χ0) is 35.6. The van der Waals surface area contributed by atoms with E-state index in [0.29, 0.717) is 34.5 Å². The van der Waals surface area contributed by atoms with Crippen molar-refractivity contribution in [3.63, 3.8) is 0 Å². The largest absolute Gasteiger partial charge is 0.508 e. The third-order valence-corrected chi connectivity index (χ3v) is 14.8. The standard InChI is InChI=1S/C44H78N4O2/c1-32(2)13-10-14-33(3)37-17-18-38-42-39(20-22-44(37,38)5)43(4)21-19-36(29-35(43)30-41(42)50)48-28-12-26-46-24-9-8-23-45-25-11-27-47-31-34-15-6-7-16-40(34)49/h6-7,15-16,32-33,35-39,41-42,45-50H,8-14,17-31H2,1-5H3/t33-,35+,36+,37-,38?,39?,41+,42?,43+,44-/m1/s1.